The first kappa shape index (κ1) is 10.5. The molecule has 0 fully saturated rings. The van der Waals surface area contributed by atoms with Gasteiger partial charge in [-0.15, -0.1) is 0 Å². The van der Waals surface area contributed by atoms with Gasteiger partial charge in [-0.25, -0.2) is 0 Å². The molecule has 0 spiro atoms. The number of halogens is 1. The predicted molar refractivity (Wildman–Crippen MR) is 73.6 cm³/mol. The average molecular weight is 287 g/mol. The van der Waals surface area contributed by atoms with E-state index in [4.69, 9.17) is 5.41 Å². The summed E-state index contributed by atoms with van der Waals surface area (Å²) in [6.45, 7) is 0.783. The van der Waals surface area contributed by atoms with E-state index in [1.54, 1.807) is 0 Å². The highest BCUT2D eigenvalue weighted by Crippen LogP contribution is 2.29. The molecule has 3 heteroatoms. The lowest BCUT2D eigenvalue weighted by molar-refractivity contribution is 1.05. The van der Waals surface area contributed by atoms with Crippen molar-refractivity contribution in [2.24, 2.45) is 0 Å². The van der Waals surface area contributed by atoms with Crippen molar-refractivity contribution in [3.05, 3.63) is 64.1 Å². The van der Waals surface area contributed by atoms with E-state index < -0.39 is 0 Å². The molecular weight excluding hydrogens is 276 g/mol. The number of hydrogen-bond donors (Lipinski definition) is 1. The van der Waals surface area contributed by atoms with Crippen molar-refractivity contribution in [2.75, 3.05) is 4.90 Å². The molecule has 0 aromatic heterocycles. The minimum atomic E-state index is 0.582. The number of fused-ring (bicyclic) bond motifs is 1. The Morgan fingerprint density at radius 3 is 2.65 bits per heavy atom. The van der Waals surface area contributed by atoms with Gasteiger partial charge in [0, 0.05) is 15.7 Å². The average Bonchev–Trinajstić information content (AvgIpc) is 2.68. The summed E-state index contributed by atoms with van der Waals surface area (Å²) in [5.41, 5.74) is 3.31. The van der Waals surface area contributed by atoms with E-state index >= 15 is 0 Å². The number of benzene rings is 2. The molecule has 2 nitrogen and oxygen atoms in total. The van der Waals surface area contributed by atoms with Gasteiger partial charge in [-0.2, -0.15) is 0 Å². The molecule has 0 atom stereocenters. The minimum absolute atomic E-state index is 0.582. The summed E-state index contributed by atoms with van der Waals surface area (Å²) in [6.07, 6.45) is 0. The van der Waals surface area contributed by atoms with Crippen LogP contribution in [0.2, 0.25) is 0 Å². The molecule has 2 aromatic rings. The lowest BCUT2D eigenvalue weighted by atomic mass is 10.1. The molecule has 0 aliphatic carbocycles. The highest BCUT2D eigenvalue weighted by atomic mass is 79.9. The molecule has 1 aliphatic heterocycles. The standard InChI is InChI=1S/C14H11BrN2/c15-11-5-3-6-12(8-11)17-9-10-4-1-2-7-13(10)14(17)16/h1-8,16H,9H2. The first-order valence-electron chi connectivity index (χ1n) is 5.45. The summed E-state index contributed by atoms with van der Waals surface area (Å²) in [5, 5.41) is 8.21. The maximum Gasteiger partial charge on any atom is 0.133 e. The van der Waals surface area contributed by atoms with Crippen LogP contribution < -0.4 is 4.90 Å². The fourth-order valence-electron chi connectivity index (χ4n) is 2.15. The van der Waals surface area contributed by atoms with Crippen molar-refractivity contribution in [1.29, 1.82) is 5.41 Å². The van der Waals surface area contributed by atoms with Gasteiger partial charge >= 0.3 is 0 Å². The Labute approximate surface area is 109 Å². The summed E-state index contributed by atoms with van der Waals surface area (Å²) in [5.74, 6) is 0.582. The number of nitrogens with one attached hydrogen (secondary N) is 1. The van der Waals surface area contributed by atoms with Gasteiger partial charge in [0.1, 0.15) is 5.84 Å². The molecule has 2 aromatic carbocycles. The van der Waals surface area contributed by atoms with Crippen molar-refractivity contribution < 1.29 is 0 Å². The third-order valence-electron chi connectivity index (χ3n) is 2.99. The van der Waals surface area contributed by atoms with Gasteiger partial charge in [-0.3, -0.25) is 5.41 Å². The summed E-state index contributed by atoms with van der Waals surface area (Å²) in [7, 11) is 0. The van der Waals surface area contributed by atoms with Crippen molar-refractivity contribution in [2.45, 2.75) is 6.54 Å². The van der Waals surface area contributed by atoms with Gasteiger partial charge in [0.05, 0.1) is 6.54 Å². The maximum absolute atomic E-state index is 8.21. The number of nitrogens with zero attached hydrogens (tertiary/aromatic N) is 1. The number of amidine groups is 1. The van der Waals surface area contributed by atoms with Crippen LogP contribution in [-0.2, 0) is 6.54 Å². The molecule has 84 valence electrons. The Kier molecular flexibility index (Phi) is 2.48. The number of rotatable bonds is 1. The van der Waals surface area contributed by atoms with Gasteiger partial charge in [-0.05, 0) is 23.8 Å². The Morgan fingerprint density at radius 2 is 1.88 bits per heavy atom. The smallest absolute Gasteiger partial charge is 0.133 e. The first-order chi connectivity index (χ1) is 8.25. The van der Waals surface area contributed by atoms with Gasteiger partial charge < -0.3 is 4.90 Å². The van der Waals surface area contributed by atoms with E-state index in [-0.39, 0.29) is 0 Å². The summed E-state index contributed by atoms with van der Waals surface area (Å²) >= 11 is 3.47. The first-order valence-corrected chi connectivity index (χ1v) is 6.25. The highest BCUT2D eigenvalue weighted by molar-refractivity contribution is 9.10. The largest absolute Gasteiger partial charge is 0.322 e. The van der Waals surface area contributed by atoms with Crippen LogP contribution in [0.15, 0.2) is 53.0 Å². The zero-order valence-corrected chi connectivity index (χ0v) is 10.7. The number of anilines is 1. The van der Waals surface area contributed by atoms with Gasteiger partial charge in [-0.1, -0.05) is 46.3 Å². The predicted octanol–water partition coefficient (Wildman–Crippen LogP) is 3.79. The molecule has 1 heterocycles. The molecule has 1 aliphatic rings. The van der Waals surface area contributed by atoms with E-state index in [0.717, 1.165) is 22.3 Å². The zero-order valence-electron chi connectivity index (χ0n) is 9.15. The SMILES string of the molecule is N=C1c2ccccc2CN1c1cccc(Br)c1. The molecule has 0 bridgehead atoms. The Bertz CT molecular complexity index is 592. The zero-order chi connectivity index (χ0) is 11.8. The normalized spacial score (nSPS) is 13.9. The second-order valence-electron chi connectivity index (χ2n) is 4.07. The second-order valence-corrected chi connectivity index (χ2v) is 4.99. The topological polar surface area (TPSA) is 27.1 Å². The van der Waals surface area contributed by atoms with E-state index in [0.29, 0.717) is 5.84 Å². The third kappa shape index (κ3) is 1.76. The lowest BCUT2D eigenvalue weighted by Gasteiger charge is -2.18. The summed E-state index contributed by atoms with van der Waals surface area (Å²) in [6, 6.07) is 16.2. The highest BCUT2D eigenvalue weighted by Gasteiger charge is 2.24. The van der Waals surface area contributed by atoms with E-state index in [1.165, 1.54) is 5.56 Å². The number of hydrogen-bond acceptors (Lipinski definition) is 1. The molecule has 0 unspecified atom stereocenters. The Balaban J connectivity index is 2.02. The van der Waals surface area contributed by atoms with Crippen LogP contribution in [0.3, 0.4) is 0 Å². The Morgan fingerprint density at radius 1 is 1.06 bits per heavy atom. The quantitative estimate of drug-likeness (QED) is 0.848. The van der Waals surface area contributed by atoms with E-state index in [9.17, 15) is 0 Å². The Hall–Kier alpha value is -1.61. The lowest BCUT2D eigenvalue weighted by Crippen LogP contribution is -2.22. The maximum atomic E-state index is 8.21. The van der Waals surface area contributed by atoms with Crippen LogP contribution in [-0.4, -0.2) is 5.84 Å². The molecule has 0 amide bonds. The molecule has 0 saturated carbocycles. The third-order valence-corrected chi connectivity index (χ3v) is 3.48. The molecular formula is C14H11BrN2. The monoisotopic (exact) mass is 286 g/mol. The molecule has 1 N–H and O–H groups in total. The van der Waals surface area contributed by atoms with Crippen LogP contribution in [0, 0.1) is 5.41 Å². The van der Waals surface area contributed by atoms with Crippen molar-refractivity contribution in [3.63, 3.8) is 0 Å². The van der Waals surface area contributed by atoms with Crippen LogP contribution in [0.1, 0.15) is 11.1 Å². The van der Waals surface area contributed by atoms with Gasteiger partial charge in [0.2, 0.25) is 0 Å². The van der Waals surface area contributed by atoms with Gasteiger partial charge in [0.15, 0.2) is 0 Å². The fraction of sp³-hybridized carbons (Fsp3) is 0.0714. The summed E-state index contributed by atoms with van der Waals surface area (Å²) in [4.78, 5) is 2.02. The molecule has 17 heavy (non-hydrogen) atoms. The second kappa shape index (κ2) is 4.00. The van der Waals surface area contributed by atoms with E-state index in [1.807, 2.05) is 47.4 Å². The molecule has 0 radical (unpaired) electrons. The molecule has 0 saturated heterocycles. The van der Waals surface area contributed by atoms with Crippen molar-refractivity contribution in [3.8, 4) is 0 Å². The van der Waals surface area contributed by atoms with E-state index in [2.05, 4.69) is 22.0 Å². The van der Waals surface area contributed by atoms with Crippen LogP contribution in [0.25, 0.3) is 0 Å². The van der Waals surface area contributed by atoms with Gasteiger partial charge in [0.25, 0.3) is 0 Å². The fourth-order valence-corrected chi connectivity index (χ4v) is 2.54. The minimum Gasteiger partial charge on any atom is -0.322 e. The summed E-state index contributed by atoms with van der Waals surface area (Å²) < 4.78 is 1.04. The molecule has 3 rings (SSSR count). The van der Waals surface area contributed by atoms with Crippen LogP contribution >= 0.6 is 15.9 Å². The van der Waals surface area contributed by atoms with Crippen molar-refractivity contribution in [1.82, 2.24) is 0 Å². The van der Waals surface area contributed by atoms with Crippen LogP contribution in [0.4, 0.5) is 5.69 Å². The van der Waals surface area contributed by atoms with Crippen LogP contribution in [0.5, 0.6) is 0 Å². The van der Waals surface area contributed by atoms with Crippen molar-refractivity contribution >= 4 is 27.5 Å².